The second kappa shape index (κ2) is 8.83. The van der Waals surface area contributed by atoms with Crippen LogP contribution in [-0.2, 0) is 11.0 Å². The van der Waals surface area contributed by atoms with E-state index in [1.165, 1.54) is 11.0 Å². The summed E-state index contributed by atoms with van der Waals surface area (Å²) in [5.74, 6) is -3.33. The zero-order valence-electron chi connectivity index (χ0n) is 18.4. The van der Waals surface area contributed by atoms with Gasteiger partial charge in [0.25, 0.3) is 5.91 Å². The molecule has 35 heavy (non-hydrogen) atoms. The Labute approximate surface area is 197 Å². The van der Waals surface area contributed by atoms with Crippen molar-refractivity contribution < 1.29 is 31.5 Å². The number of hydrogen-bond donors (Lipinski definition) is 1. The van der Waals surface area contributed by atoms with E-state index in [-0.39, 0.29) is 13.0 Å². The van der Waals surface area contributed by atoms with E-state index in [4.69, 9.17) is 11.0 Å². The maximum atomic E-state index is 14.2. The van der Waals surface area contributed by atoms with Crippen LogP contribution in [0.1, 0.15) is 40.7 Å². The highest BCUT2D eigenvalue weighted by Gasteiger charge is 2.49. The lowest BCUT2D eigenvalue weighted by Gasteiger charge is -2.40. The Morgan fingerprint density at radius 2 is 1.77 bits per heavy atom. The van der Waals surface area contributed by atoms with Gasteiger partial charge in [-0.3, -0.25) is 9.59 Å². The highest BCUT2D eigenvalue weighted by Crippen LogP contribution is 2.45. The summed E-state index contributed by atoms with van der Waals surface area (Å²) >= 11 is 0. The standard InChI is InChI=1S/C24H21F5N4O2/c25-15-2-4-19(26)17(9-15)22(35)33-13-23(11-20(33)21(31)34)5-7-32(8-6-23)16-3-1-14(12-30)18(10-16)24(27,28)29/h1-4,9-10,20H,5-8,11,13H2,(H2,31,34). The molecular weight excluding hydrogens is 471 g/mol. The van der Waals surface area contributed by atoms with Crippen LogP contribution in [0.4, 0.5) is 27.6 Å². The number of likely N-dealkylation sites (tertiary alicyclic amines) is 1. The van der Waals surface area contributed by atoms with Gasteiger partial charge in [-0.15, -0.1) is 0 Å². The maximum Gasteiger partial charge on any atom is 0.417 e. The summed E-state index contributed by atoms with van der Waals surface area (Å²) in [7, 11) is 0. The molecule has 0 aliphatic carbocycles. The van der Waals surface area contributed by atoms with Crippen LogP contribution in [-0.4, -0.2) is 42.4 Å². The molecule has 4 rings (SSSR count). The quantitative estimate of drug-likeness (QED) is 0.660. The molecule has 2 fully saturated rings. The lowest BCUT2D eigenvalue weighted by Crippen LogP contribution is -2.44. The molecule has 2 amide bonds. The molecule has 2 aromatic carbocycles. The molecule has 11 heteroatoms. The lowest BCUT2D eigenvalue weighted by molar-refractivity contribution is -0.137. The molecule has 2 aliphatic heterocycles. The van der Waals surface area contributed by atoms with E-state index in [2.05, 4.69) is 0 Å². The molecule has 2 aliphatic rings. The maximum absolute atomic E-state index is 14.2. The van der Waals surface area contributed by atoms with Crippen molar-refractivity contribution in [2.45, 2.75) is 31.5 Å². The van der Waals surface area contributed by atoms with E-state index in [0.29, 0.717) is 31.6 Å². The number of anilines is 1. The Bertz CT molecular complexity index is 1220. The Morgan fingerprint density at radius 3 is 2.37 bits per heavy atom. The number of amides is 2. The minimum absolute atomic E-state index is 0.0877. The zero-order chi connectivity index (χ0) is 25.5. The highest BCUT2D eigenvalue weighted by atomic mass is 19.4. The van der Waals surface area contributed by atoms with Gasteiger partial charge in [0, 0.05) is 25.3 Å². The Morgan fingerprint density at radius 1 is 1.09 bits per heavy atom. The average molecular weight is 492 g/mol. The molecule has 0 bridgehead atoms. The average Bonchev–Trinajstić information content (AvgIpc) is 3.19. The third-order valence-corrected chi connectivity index (χ3v) is 6.87. The number of nitrogens with zero attached hydrogens (tertiary/aromatic N) is 3. The second-order valence-electron chi connectivity index (χ2n) is 9.01. The van der Waals surface area contributed by atoms with Crippen molar-refractivity contribution in [1.82, 2.24) is 4.90 Å². The van der Waals surface area contributed by atoms with Crippen molar-refractivity contribution in [2.24, 2.45) is 11.1 Å². The smallest absolute Gasteiger partial charge is 0.371 e. The third-order valence-electron chi connectivity index (χ3n) is 6.87. The fourth-order valence-electron chi connectivity index (χ4n) is 5.00. The topological polar surface area (TPSA) is 90.4 Å². The first kappa shape index (κ1) is 24.4. The largest absolute Gasteiger partial charge is 0.417 e. The Balaban J connectivity index is 1.54. The molecule has 2 heterocycles. The number of carbonyl (C=O) groups is 2. The van der Waals surface area contributed by atoms with Crippen LogP contribution < -0.4 is 10.6 Å². The fraction of sp³-hybridized carbons (Fsp3) is 0.375. The summed E-state index contributed by atoms with van der Waals surface area (Å²) in [5.41, 5.74) is 3.31. The minimum atomic E-state index is -4.68. The van der Waals surface area contributed by atoms with Crippen LogP contribution in [0.25, 0.3) is 0 Å². The normalized spacial score (nSPS) is 19.6. The van der Waals surface area contributed by atoms with E-state index in [9.17, 15) is 31.5 Å². The van der Waals surface area contributed by atoms with E-state index >= 15 is 0 Å². The van der Waals surface area contributed by atoms with Crippen molar-refractivity contribution in [3.05, 3.63) is 64.7 Å². The van der Waals surface area contributed by atoms with Crippen molar-refractivity contribution >= 4 is 17.5 Å². The number of benzene rings is 2. The zero-order valence-corrected chi connectivity index (χ0v) is 18.4. The number of nitrogens with two attached hydrogens (primary N) is 1. The molecule has 2 aromatic rings. The van der Waals surface area contributed by atoms with Crippen LogP contribution in [0.3, 0.4) is 0 Å². The fourth-order valence-corrected chi connectivity index (χ4v) is 5.00. The summed E-state index contributed by atoms with van der Waals surface area (Å²) in [6, 6.07) is 6.56. The summed E-state index contributed by atoms with van der Waals surface area (Å²) in [5, 5.41) is 9.00. The number of alkyl halides is 3. The van der Waals surface area contributed by atoms with E-state index in [0.717, 1.165) is 30.3 Å². The number of piperidine rings is 1. The molecule has 1 spiro atoms. The molecule has 1 atom stereocenters. The number of hydrogen-bond acceptors (Lipinski definition) is 4. The van der Waals surface area contributed by atoms with Gasteiger partial charge in [-0.1, -0.05) is 0 Å². The number of carbonyl (C=O) groups excluding carboxylic acids is 2. The van der Waals surface area contributed by atoms with Gasteiger partial charge in [-0.05, 0) is 61.1 Å². The first-order chi connectivity index (χ1) is 16.4. The number of nitriles is 1. The minimum Gasteiger partial charge on any atom is -0.371 e. The Hall–Kier alpha value is -3.68. The van der Waals surface area contributed by atoms with Gasteiger partial charge in [0.05, 0.1) is 22.8 Å². The molecule has 0 aromatic heterocycles. The van der Waals surface area contributed by atoms with Crippen LogP contribution in [0.2, 0.25) is 0 Å². The first-order valence-corrected chi connectivity index (χ1v) is 10.9. The van der Waals surface area contributed by atoms with E-state index < -0.39 is 57.8 Å². The predicted molar refractivity (Wildman–Crippen MR) is 115 cm³/mol. The molecule has 2 N–H and O–H groups in total. The van der Waals surface area contributed by atoms with Crippen LogP contribution in [0, 0.1) is 28.4 Å². The van der Waals surface area contributed by atoms with Gasteiger partial charge in [-0.25, -0.2) is 8.78 Å². The van der Waals surface area contributed by atoms with Crippen LogP contribution in [0.15, 0.2) is 36.4 Å². The molecule has 0 radical (unpaired) electrons. The van der Waals surface area contributed by atoms with Crippen molar-refractivity contribution in [2.75, 3.05) is 24.5 Å². The van der Waals surface area contributed by atoms with Crippen LogP contribution in [0.5, 0.6) is 0 Å². The monoisotopic (exact) mass is 492 g/mol. The summed E-state index contributed by atoms with van der Waals surface area (Å²) < 4.78 is 67.9. The summed E-state index contributed by atoms with van der Waals surface area (Å²) in [4.78, 5) is 28.0. The molecule has 6 nitrogen and oxygen atoms in total. The molecule has 184 valence electrons. The van der Waals surface area contributed by atoms with Gasteiger partial charge < -0.3 is 15.5 Å². The number of primary amides is 1. The van der Waals surface area contributed by atoms with Crippen LogP contribution >= 0.6 is 0 Å². The van der Waals surface area contributed by atoms with Gasteiger partial charge in [0.1, 0.15) is 17.7 Å². The summed E-state index contributed by atoms with van der Waals surface area (Å²) in [6.45, 7) is 0.764. The Kier molecular flexibility index (Phi) is 6.17. The van der Waals surface area contributed by atoms with E-state index in [1.54, 1.807) is 11.0 Å². The van der Waals surface area contributed by atoms with Gasteiger partial charge in [-0.2, -0.15) is 18.4 Å². The van der Waals surface area contributed by atoms with Gasteiger partial charge in [0.15, 0.2) is 0 Å². The van der Waals surface area contributed by atoms with Crippen molar-refractivity contribution in [3.63, 3.8) is 0 Å². The SMILES string of the molecule is N#Cc1ccc(N2CCC3(CC2)CC(C(N)=O)N(C(=O)c2cc(F)ccc2F)C3)cc1C(F)(F)F. The van der Waals surface area contributed by atoms with Crippen molar-refractivity contribution in [1.29, 1.82) is 5.26 Å². The third kappa shape index (κ3) is 4.65. The molecular formula is C24H21F5N4O2. The number of rotatable bonds is 3. The number of halogens is 5. The predicted octanol–water partition coefficient (Wildman–Crippen LogP) is 3.84. The van der Waals surface area contributed by atoms with Crippen molar-refractivity contribution in [3.8, 4) is 6.07 Å². The highest BCUT2D eigenvalue weighted by molar-refractivity contribution is 5.98. The second-order valence-corrected chi connectivity index (χ2v) is 9.01. The van der Waals surface area contributed by atoms with Gasteiger partial charge in [0.2, 0.25) is 5.91 Å². The lowest BCUT2D eigenvalue weighted by atomic mass is 9.76. The molecule has 2 saturated heterocycles. The van der Waals surface area contributed by atoms with E-state index in [1.807, 2.05) is 0 Å². The summed E-state index contributed by atoms with van der Waals surface area (Å²) in [6.07, 6.45) is -3.58. The first-order valence-electron chi connectivity index (χ1n) is 10.9. The molecule has 1 unspecified atom stereocenters. The molecule has 0 saturated carbocycles. The van der Waals surface area contributed by atoms with Gasteiger partial charge >= 0.3 is 6.18 Å².